The zero-order valence-electron chi connectivity index (χ0n) is 14.2. The summed E-state index contributed by atoms with van der Waals surface area (Å²) >= 11 is 0. The molecule has 3 aromatic rings. The molecule has 0 saturated carbocycles. The zero-order valence-corrected chi connectivity index (χ0v) is 14.2. The number of carbonyl (C=O) groups excluding carboxylic acids is 2. The second kappa shape index (κ2) is 5.91. The van der Waals surface area contributed by atoms with E-state index in [1.165, 1.54) is 0 Å². The average Bonchev–Trinajstić information content (AvgIpc) is 2.96. The number of anilines is 3. The molecule has 2 aromatic carbocycles. The van der Waals surface area contributed by atoms with Gasteiger partial charge in [-0.3, -0.25) is 4.79 Å². The summed E-state index contributed by atoms with van der Waals surface area (Å²) < 4.78 is 5.03. The number of hydrogen-bond acceptors (Lipinski definition) is 6. The summed E-state index contributed by atoms with van der Waals surface area (Å²) in [5.74, 6) is -0.0260. The van der Waals surface area contributed by atoms with Crippen molar-refractivity contribution in [3.8, 4) is 11.3 Å². The predicted molar refractivity (Wildman–Crippen MR) is 98.6 cm³/mol. The molecular weight excluding hydrogens is 344 g/mol. The molecule has 0 spiro atoms. The molecule has 0 unspecified atom stereocenters. The number of ether oxygens (including phenoxy) is 1. The molecule has 7 nitrogen and oxygen atoms in total. The molecule has 0 fully saturated rings. The number of para-hydroxylation sites is 1. The van der Waals surface area contributed by atoms with E-state index in [0.717, 1.165) is 22.4 Å². The topological polar surface area (TPSA) is 93.2 Å². The van der Waals surface area contributed by atoms with Gasteiger partial charge >= 0.3 is 5.97 Å². The monoisotopic (exact) mass is 358 g/mol. The van der Waals surface area contributed by atoms with Crippen LogP contribution in [0.2, 0.25) is 0 Å². The highest BCUT2D eigenvalue weighted by Gasteiger charge is 2.22. The highest BCUT2D eigenvalue weighted by atomic mass is 16.5. The molecule has 5 rings (SSSR count). The summed E-state index contributed by atoms with van der Waals surface area (Å²) in [6.45, 7) is 0.307. The van der Waals surface area contributed by atoms with Crippen LogP contribution in [0.25, 0.3) is 11.3 Å². The van der Waals surface area contributed by atoms with Gasteiger partial charge in [-0.15, -0.1) is 0 Å². The van der Waals surface area contributed by atoms with Gasteiger partial charge in [-0.25, -0.2) is 14.8 Å². The molecule has 3 heterocycles. The van der Waals surface area contributed by atoms with E-state index in [0.29, 0.717) is 29.5 Å². The standard InChI is InChI=1S/C20H14N4O3/c25-17-7-12-9-21-20(24-18(12)14-3-1-2-4-16(14)23-17)22-13-6-5-11-10-27-19(26)15(11)8-13/h1-6,8-9H,7,10H2,(H,23,25)(H,21,22,24). The summed E-state index contributed by atoms with van der Waals surface area (Å²) in [5.41, 5.74) is 5.17. The van der Waals surface area contributed by atoms with E-state index >= 15 is 0 Å². The third-order valence-corrected chi connectivity index (χ3v) is 4.62. The van der Waals surface area contributed by atoms with Gasteiger partial charge in [0, 0.05) is 28.6 Å². The summed E-state index contributed by atoms with van der Waals surface area (Å²) in [6, 6.07) is 13.0. The van der Waals surface area contributed by atoms with Crippen LogP contribution in [0.15, 0.2) is 48.7 Å². The first-order valence-electron chi connectivity index (χ1n) is 8.49. The van der Waals surface area contributed by atoms with Crippen LogP contribution in [0.1, 0.15) is 21.5 Å². The number of benzene rings is 2. The number of hydrogen-bond donors (Lipinski definition) is 2. The van der Waals surface area contributed by atoms with E-state index < -0.39 is 0 Å². The molecule has 0 atom stereocenters. The van der Waals surface area contributed by atoms with Crippen LogP contribution < -0.4 is 10.6 Å². The third-order valence-electron chi connectivity index (χ3n) is 4.62. The molecule has 0 bridgehead atoms. The van der Waals surface area contributed by atoms with Crippen LogP contribution in [0.4, 0.5) is 17.3 Å². The number of aromatic nitrogens is 2. The van der Waals surface area contributed by atoms with E-state index in [1.807, 2.05) is 36.4 Å². The number of esters is 1. The van der Waals surface area contributed by atoms with Crippen molar-refractivity contribution in [1.82, 2.24) is 9.97 Å². The van der Waals surface area contributed by atoms with Gasteiger partial charge in [0.2, 0.25) is 11.9 Å². The van der Waals surface area contributed by atoms with Gasteiger partial charge < -0.3 is 15.4 Å². The summed E-state index contributed by atoms with van der Waals surface area (Å²) in [7, 11) is 0. The number of cyclic esters (lactones) is 1. The lowest BCUT2D eigenvalue weighted by molar-refractivity contribution is -0.115. The van der Waals surface area contributed by atoms with Gasteiger partial charge in [-0.2, -0.15) is 0 Å². The lowest BCUT2D eigenvalue weighted by Crippen LogP contribution is -2.12. The SMILES string of the molecule is O=C1Cc2cnc(Nc3ccc4c(c3)C(=O)OC4)nc2-c2ccccc2N1. The first-order valence-corrected chi connectivity index (χ1v) is 8.49. The Morgan fingerprint density at radius 3 is 2.85 bits per heavy atom. The molecule has 1 aromatic heterocycles. The van der Waals surface area contributed by atoms with Crippen molar-refractivity contribution in [2.24, 2.45) is 0 Å². The first kappa shape index (κ1) is 15.5. The maximum absolute atomic E-state index is 12.1. The van der Waals surface area contributed by atoms with Crippen molar-refractivity contribution in [2.45, 2.75) is 13.0 Å². The van der Waals surface area contributed by atoms with Gasteiger partial charge in [0.1, 0.15) is 6.61 Å². The van der Waals surface area contributed by atoms with Crippen molar-refractivity contribution >= 4 is 29.2 Å². The van der Waals surface area contributed by atoms with E-state index in [9.17, 15) is 9.59 Å². The van der Waals surface area contributed by atoms with Crippen LogP contribution in [-0.4, -0.2) is 21.8 Å². The lowest BCUT2D eigenvalue weighted by Gasteiger charge is -2.10. The Labute approximate surface area is 154 Å². The van der Waals surface area contributed by atoms with Gasteiger partial charge in [0.15, 0.2) is 0 Å². The summed E-state index contributed by atoms with van der Waals surface area (Å²) in [6.07, 6.45) is 1.88. The number of fused-ring (bicyclic) bond motifs is 4. The average molecular weight is 358 g/mol. The normalized spacial score (nSPS) is 14.4. The fraction of sp³-hybridized carbons (Fsp3) is 0.100. The van der Waals surface area contributed by atoms with Crippen molar-refractivity contribution in [2.75, 3.05) is 10.6 Å². The summed E-state index contributed by atoms with van der Waals surface area (Å²) in [5, 5.41) is 6.02. The predicted octanol–water partition coefficient (Wildman–Crippen LogP) is 3.05. The van der Waals surface area contributed by atoms with Gasteiger partial charge in [-0.1, -0.05) is 24.3 Å². The number of nitrogens with one attached hydrogen (secondary N) is 2. The lowest BCUT2D eigenvalue weighted by atomic mass is 10.1. The minimum atomic E-state index is -0.324. The minimum Gasteiger partial charge on any atom is -0.457 e. The Kier molecular flexibility index (Phi) is 3.39. The van der Waals surface area contributed by atoms with Crippen molar-refractivity contribution in [1.29, 1.82) is 0 Å². The van der Waals surface area contributed by atoms with Crippen LogP contribution in [0.3, 0.4) is 0 Å². The second-order valence-electron chi connectivity index (χ2n) is 6.41. The number of amides is 1. The molecule has 2 aliphatic rings. The van der Waals surface area contributed by atoms with Gasteiger partial charge in [0.05, 0.1) is 23.4 Å². The fourth-order valence-electron chi connectivity index (χ4n) is 3.32. The highest BCUT2D eigenvalue weighted by molar-refractivity contribution is 6.00. The van der Waals surface area contributed by atoms with Crippen LogP contribution in [-0.2, 0) is 22.6 Å². The molecular formula is C20H14N4O3. The number of carbonyl (C=O) groups is 2. The molecule has 1 amide bonds. The van der Waals surface area contributed by atoms with Crippen molar-refractivity contribution in [3.63, 3.8) is 0 Å². The van der Waals surface area contributed by atoms with Crippen molar-refractivity contribution < 1.29 is 14.3 Å². The van der Waals surface area contributed by atoms with E-state index in [1.54, 1.807) is 12.3 Å². The molecule has 2 N–H and O–H groups in total. The Balaban J connectivity index is 1.54. The smallest absolute Gasteiger partial charge is 0.338 e. The molecule has 0 saturated heterocycles. The second-order valence-corrected chi connectivity index (χ2v) is 6.41. The molecule has 0 aliphatic carbocycles. The van der Waals surface area contributed by atoms with Gasteiger partial charge in [-0.05, 0) is 18.2 Å². The molecule has 27 heavy (non-hydrogen) atoms. The number of nitrogens with zero attached hydrogens (tertiary/aromatic N) is 2. The van der Waals surface area contributed by atoms with Crippen LogP contribution >= 0.6 is 0 Å². The molecule has 2 aliphatic heterocycles. The largest absolute Gasteiger partial charge is 0.457 e. The highest BCUT2D eigenvalue weighted by Crippen LogP contribution is 2.33. The molecule has 0 radical (unpaired) electrons. The van der Waals surface area contributed by atoms with Gasteiger partial charge in [0.25, 0.3) is 0 Å². The first-order chi connectivity index (χ1) is 13.2. The number of rotatable bonds is 2. The Morgan fingerprint density at radius 2 is 1.93 bits per heavy atom. The Hall–Kier alpha value is -3.74. The fourth-order valence-corrected chi connectivity index (χ4v) is 3.32. The van der Waals surface area contributed by atoms with E-state index in [2.05, 4.69) is 20.6 Å². The quantitative estimate of drug-likeness (QED) is 0.684. The molecule has 132 valence electrons. The van der Waals surface area contributed by atoms with Crippen LogP contribution in [0.5, 0.6) is 0 Å². The van der Waals surface area contributed by atoms with E-state index in [4.69, 9.17) is 4.74 Å². The Morgan fingerprint density at radius 1 is 1.04 bits per heavy atom. The maximum atomic E-state index is 12.1. The van der Waals surface area contributed by atoms with E-state index in [-0.39, 0.29) is 18.3 Å². The minimum absolute atomic E-state index is 0.0948. The summed E-state index contributed by atoms with van der Waals surface area (Å²) in [4.78, 5) is 32.8. The van der Waals surface area contributed by atoms with Crippen LogP contribution in [0, 0.1) is 0 Å². The maximum Gasteiger partial charge on any atom is 0.338 e. The Bertz CT molecular complexity index is 1110. The third kappa shape index (κ3) is 2.69. The molecule has 7 heteroatoms. The van der Waals surface area contributed by atoms with Crippen molar-refractivity contribution in [3.05, 3.63) is 65.4 Å². The zero-order chi connectivity index (χ0) is 18.4.